The number of halogens is 1. The topological polar surface area (TPSA) is 27.8 Å². The number of hydrogen-bond acceptors (Lipinski definition) is 2. The van der Waals surface area contributed by atoms with Crippen molar-refractivity contribution in [3.8, 4) is 0 Å². The molecule has 2 aromatic carbocycles. The van der Waals surface area contributed by atoms with Crippen LogP contribution in [0.4, 0.5) is 4.39 Å². The second-order valence-electron chi connectivity index (χ2n) is 4.91. The third-order valence-electron chi connectivity index (χ3n) is 3.44. The summed E-state index contributed by atoms with van der Waals surface area (Å²) >= 11 is 1.68. The number of H-pyrrole nitrogens is 1. The van der Waals surface area contributed by atoms with Gasteiger partial charge in [0, 0.05) is 26.9 Å². The van der Waals surface area contributed by atoms with Gasteiger partial charge in [0.15, 0.2) is 0 Å². The molecule has 0 atom stereocenters. The van der Waals surface area contributed by atoms with Gasteiger partial charge in [0.2, 0.25) is 0 Å². The molecule has 0 spiro atoms. The highest BCUT2D eigenvalue weighted by atomic mass is 32.2. The predicted octanol–water partition coefficient (Wildman–Crippen LogP) is 4.22. The Morgan fingerprint density at radius 3 is 2.86 bits per heavy atom. The zero-order valence-corrected chi connectivity index (χ0v) is 12.6. The summed E-state index contributed by atoms with van der Waals surface area (Å²) in [5.41, 5.74) is 2.17. The van der Waals surface area contributed by atoms with Crippen LogP contribution in [-0.2, 0) is 6.42 Å². The van der Waals surface area contributed by atoms with Crippen molar-refractivity contribution in [2.45, 2.75) is 16.2 Å². The fourth-order valence-corrected chi connectivity index (χ4v) is 3.42. The largest absolute Gasteiger partial charge is 0.360 e. The van der Waals surface area contributed by atoms with E-state index in [-0.39, 0.29) is 5.82 Å². The van der Waals surface area contributed by atoms with Crippen molar-refractivity contribution in [3.05, 3.63) is 60.0 Å². The summed E-state index contributed by atoms with van der Waals surface area (Å²) in [5.74, 6) is -0.177. The molecule has 2 nitrogen and oxygen atoms in total. The minimum absolute atomic E-state index is 0.177. The Morgan fingerprint density at radius 1 is 1.14 bits per heavy atom. The van der Waals surface area contributed by atoms with E-state index in [9.17, 15) is 4.39 Å². The van der Waals surface area contributed by atoms with Crippen molar-refractivity contribution < 1.29 is 4.39 Å². The molecule has 2 N–H and O–H groups in total. The molecule has 0 amide bonds. The number of aromatic nitrogens is 1. The molecule has 1 heterocycles. The number of fused-ring (bicyclic) bond motifs is 1. The summed E-state index contributed by atoms with van der Waals surface area (Å²) in [7, 11) is 1.91. The molecule has 0 saturated carbocycles. The van der Waals surface area contributed by atoms with Crippen LogP contribution in [0.25, 0.3) is 10.9 Å². The first-order valence-corrected chi connectivity index (χ1v) is 7.76. The van der Waals surface area contributed by atoms with E-state index in [1.807, 2.05) is 31.4 Å². The molecule has 0 aliphatic heterocycles. The first-order chi connectivity index (χ1) is 10.3. The Balaban J connectivity index is 1.93. The molecule has 0 fully saturated rings. The van der Waals surface area contributed by atoms with Gasteiger partial charge in [0.05, 0.1) is 0 Å². The number of hydrogen-bond donors (Lipinski definition) is 2. The van der Waals surface area contributed by atoms with E-state index >= 15 is 0 Å². The lowest BCUT2D eigenvalue weighted by molar-refractivity contribution is 0.622. The van der Waals surface area contributed by atoms with Crippen molar-refractivity contribution in [3.63, 3.8) is 0 Å². The number of likely N-dealkylation sites (N-methyl/N-ethyl adjacent to an activating group) is 1. The normalized spacial score (nSPS) is 11.1. The molecular formula is C17H17FN2S. The van der Waals surface area contributed by atoms with Crippen molar-refractivity contribution in [1.29, 1.82) is 0 Å². The van der Waals surface area contributed by atoms with Crippen LogP contribution in [0.15, 0.2) is 58.5 Å². The summed E-state index contributed by atoms with van der Waals surface area (Å²) in [6, 6.07) is 13.2. The molecular weight excluding hydrogens is 283 g/mol. The van der Waals surface area contributed by atoms with Crippen molar-refractivity contribution >= 4 is 22.7 Å². The van der Waals surface area contributed by atoms with Crippen LogP contribution in [0.1, 0.15) is 5.56 Å². The van der Waals surface area contributed by atoms with Crippen LogP contribution in [-0.4, -0.2) is 18.6 Å². The van der Waals surface area contributed by atoms with Gasteiger partial charge in [-0.25, -0.2) is 4.39 Å². The summed E-state index contributed by atoms with van der Waals surface area (Å²) in [6.07, 6.45) is 2.83. The molecule has 1 aromatic heterocycles. The van der Waals surface area contributed by atoms with Crippen molar-refractivity contribution in [2.24, 2.45) is 0 Å². The Hall–Kier alpha value is -1.78. The lowest BCUT2D eigenvalue weighted by Gasteiger charge is -2.09. The summed E-state index contributed by atoms with van der Waals surface area (Å²) in [5, 5.41) is 4.31. The van der Waals surface area contributed by atoms with Crippen LogP contribution in [0.2, 0.25) is 0 Å². The molecule has 0 unspecified atom stereocenters. The summed E-state index contributed by atoms with van der Waals surface area (Å²) in [4.78, 5) is 5.55. The third-order valence-corrected chi connectivity index (χ3v) is 4.61. The zero-order chi connectivity index (χ0) is 14.7. The van der Waals surface area contributed by atoms with Crippen LogP contribution >= 0.6 is 11.8 Å². The minimum Gasteiger partial charge on any atom is -0.360 e. The van der Waals surface area contributed by atoms with Crippen molar-refractivity contribution in [2.75, 3.05) is 13.6 Å². The molecule has 4 heteroatoms. The van der Waals surface area contributed by atoms with Crippen molar-refractivity contribution in [1.82, 2.24) is 10.3 Å². The molecule has 3 aromatic rings. The molecule has 0 aliphatic rings. The van der Waals surface area contributed by atoms with Gasteiger partial charge in [0.25, 0.3) is 0 Å². The highest BCUT2D eigenvalue weighted by Crippen LogP contribution is 2.35. The van der Waals surface area contributed by atoms with E-state index in [0.29, 0.717) is 0 Å². The second-order valence-corrected chi connectivity index (χ2v) is 5.99. The lowest BCUT2D eigenvalue weighted by atomic mass is 10.1. The van der Waals surface area contributed by atoms with Gasteiger partial charge in [-0.1, -0.05) is 30.0 Å². The van der Waals surface area contributed by atoms with Crippen LogP contribution in [0, 0.1) is 5.82 Å². The average Bonchev–Trinajstić information content (AvgIpc) is 2.91. The smallest absolute Gasteiger partial charge is 0.123 e. The van der Waals surface area contributed by atoms with Crippen LogP contribution in [0.5, 0.6) is 0 Å². The Labute approximate surface area is 127 Å². The SMILES string of the molecule is CNCCc1cc(F)ccc1Sc1c[nH]c2ccccc12. The van der Waals surface area contributed by atoms with Crippen LogP contribution in [0.3, 0.4) is 0 Å². The maximum atomic E-state index is 13.5. The first kappa shape index (κ1) is 14.2. The average molecular weight is 300 g/mol. The van der Waals surface area contributed by atoms with E-state index in [0.717, 1.165) is 28.9 Å². The van der Waals surface area contributed by atoms with E-state index < -0.39 is 0 Å². The molecule has 3 rings (SSSR count). The van der Waals surface area contributed by atoms with Gasteiger partial charge in [-0.2, -0.15) is 0 Å². The Kier molecular flexibility index (Phi) is 4.27. The maximum absolute atomic E-state index is 13.5. The fraction of sp³-hybridized carbons (Fsp3) is 0.176. The number of rotatable bonds is 5. The molecule has 0 saturated heterocycles. The lowest BCUT2D eigenvalue weighted by Crippen LogP contribution is -2.10. The van der Waals surface area contributed by atoms with E-state index in [2.05, 4.69) is 22.4 Å². The van der Waals surface area contributed by atoms with Gasteiger partial charge >= 0.3 is 0 Å². The van der Waals surface area contributed by atoms with Gasteiger partial charge in [0.1, 0.15) is 5.82 Å². The number of benzene rings is 2. The summed E-state index contributed by atoms with van der Waals surface area (Å²) in [6.45, 7) is 0.838. The Bertz CT molecular complexity index is 751. The first-order valence-electron chi connectivity index (χ1n) is 6.95. The zero-order valence-electron chi connectivity index (χ0n) is 11.8. The third kappa shape index (κ3) is 3.12. The predicted molar refractivity (Wildman–Crippen MR) is 86.5 cm³/mol. The quantitative estimate of drug-likeness (QED) is 0.738. The Morgan fingerprint density at radius 2 is 2.00 bits per heavy atom. The van der Waals surface area contributed by atoms with E-state index in [4.69, 9.17) is 0 Å². The van der Waals surface area contributed by atoms with Gasteiger partial charge in [-0.05, 0) is 49.8 Å². The van der Waals surface area contributed by atoms with Gasteiger partial charge in [-0.15, -0.1) is 0 Å². The highest BCUT2D eigenvalue weighted by Gasteiger charge is 2.09. The monoisotopic (exact) mass is 300 g/mol. The van der Waals surface area contributed by atoms with E-state index in [1.54, 1.807) is 17.8 Å². The van der Waals surface area contributed by atoms with E-state index in [1.165, 1.54) is 16.3 Å². The highest BCUT2D eigenvalue weighted by molar-refractivity contribution is 7.99. The van der Waals surface area contributed by atoms with Crippen LogP contribution < -0.4 is 5.32 Å². The standard InChI is InChI=1S/C17H17FN2S/c1-19-9-8-12-10-13(18)6-7-16(12)21-17-11-20-15-5-3-2-4-14(15)17/h2-7,10-11,19-20H,8-9H2,1H3. The number of aromatic amines is 1. The summed E-state index contributed by atoms with van der Waals surface area (Å²) < 4.78 is 13.5. The molecule has 0 radical (unpaired) electrons. The maximum Gasteiger partial charge on any atom is 0.123 e. The van der Waals surface area contributed by atoms with Gasteiger partial charge < -0.3 is 10.3 Å². The number of nitrogens with one attached hydrogen (secondary N) is 2. The molecule has 0 bridgehead atoms. The fourth-order valence-electron chi connectivity index (χ4n) is 2.35. The van der Waals surface area contributed by atoms with Gasteiger partial charge in [-0.3, -0.25) is 0 Å². The second kappa shape index (κ2) is 6.33. The minimum atomic E-state index is -0.177. The number of para-hydroxylation sites is 1. The molecule has 21 heavy (non-hydrogen) atoms. The molecule has 108 valence electrons. The molecule has 0 aliphatic carbocycles.